The van der Waals surface area contributed by atoms with Crippen molar-refractivity contribution in [1.29, 1.82) is 0 Å². The molecular weight excluding hydrogens is 154 g/mol. The SMILES string of the molecule is CC1=CSc2ccccc2N1. The first-order valence-electron chi connectivity index (χ1n) is 3.56. The molecule has 1 aliphatic heterocycles. The molecule has 0 aromatic heterocycles. The molecule has 1 aromatic rings. The number of nitrogens with one attached hydrogen (secondary N) is 1. The van der Waals surface area contributed by atoms with E-state index < -0.39 is 0 Å². The van der Waals surface area contributed by atoms with Crippen LogP contribution in [0, 0.1) is 0 Å². The van der Waals surface area contributed by atoms with E-state index in [-0.39, 0.29) is 0 Å². The Labute approximate surface area is 70.5 Å². The Hall–Kier alpha value is -0.890. The van der Waals surface area contributed by atoms with Crippen LogP contribution in [0.5, 0.6) is 0 Å². The van der Waals surface area contributed by atoms with Gasteiger partial charge in [-0.2, -0.15) is 0 Å². The summed E-state index contributed by atoms with van der Waals surface area (Å²) in [6, 6.07) is 8.32. The van der Waals surface area contributed by atoms with Gasteiger partial charge in [-0.15, -0.1) is 0 Å². The summed E-state index contributed by atoms with van der Waals surface area (Å²) in [7, 11) is 0. The fraction of sp³-hybridized carbons (Fsp3) is 0.111. The van der Waals surface area contributed by atoms with Crippen LogP contribution in [0.4, 0.5) is 5.69 Å². The van der Waals surface area contributed by atoms with E-state index in [4.69, 9.17) is 0 Å². The smallest absolute Gasteiger partial charge is 0.0523 e. The predicted octanol–water partition coefficient (Wildman–Crippen LogP) is 3.07. The van der Waals surface area contributed by atoms with Crippen LogP contribution in [0.3, 0.4) is 0 Å². The second-order valence-corrected chi connectivity index (χ2v) is 3.45. The zero-order valence-corrected chi connectivity index (χ0v) is 7.11. The maximum Gasteiger partial charge on any atom is 0.0523 e. The van der Waals surface area contributed by atoms with Crippen molar-refractivity contribution >= 4 is 17.4 Å². The van der Waals surface area contributed by atoms with Crippen LogP contribution in [-0.4, -0.2) is 0 Å². The molecule has 0 amide bonds. The van der Waals surface area contributed by atoms with Crippen LogP contribution in [0.2, 0.25) is 0 Å². The lowest BCUT2D eigenvalue weighted by atomic mass is 10.3. The molecule has 56 valence electrons. The molecule has 0 radical (unpaired) electrons. The molecular formula is C9H9NS. The molecule has 1 heterocycles. The second-order valence-electron chi connectivity index (χ2n) is 2.54. The highest BCUT2D eigenvalue weighted by molar-refractivity contribution is 8.02. The molecule has 0 bridgehead atoms. The minimum Gasteiger partial charge on any atom is -0.358 e. The summed E-state index contributed by atoms with van der Waals surface area (Å²) in [6.45, 7) is 2.07. The van der Waals surface area contributed by atoms with Gasteiger partial charge in [0.05, 0.1) is 5.69 Å². The Morgan fingerprint density at radius 3 is 3.00 bits per heavy atom. The Bertz CT molecular complexity index is 304. The van der Waals surface area contributed by atoms with Gasteiger partial charge in [-0.1, -0.05) is 23.9 Å². The van der Waals surface area contributed by atoms with E-state index in [2.05, 4.69) is 35.8 Å². The summed E-state index contributed by atoms with van der Waals surface area (Å²) in [5.74, 6) is 0. The molecule has 2 rings (SSSR count). The van der Waals surface area contributed by atoms with Gasteiger partial charge in [0.2, 0.25) is 0 Å². The van der Waals surface area contributed by atoms with E-state index in [9.17, 15) is 0 Å². The number of thioether (sulfide) groups is 1. The highest BCUT2D eigenvalue weighted by Gasteiger charge is 2.05. The number of allylic oxidation sites excluding steroid dienone is 1. The molecule has 0 unspecified atom stereocenters. The third-order valence-electron chi connectivity index (χ3n) is 1.58. The molecule has 0 saturated heterocycles. The third-order valence-corrected chi connectivity index (χ3v) is 2.66. The Morgan fingerprint density at radius 2 is 2.09 bits per heavy atom. The molecule has 1 N–H and O–H groups in total. The molecule has 1 nitrogen and oxygen atoms in total. The van der Waals surface area contributed by atoms with Crippen molar-refractivity contribution in [2.24, 2.45) is 0 Å². The van der Waals surface area contributed by atoms with E-state index in [1.165, 1.54) is 16.3 Å². The van der Waals surface area contributed by atoms with E-state index in [0.29, 0.717) is 0 Å². The number of para-hydroxylation sites is 1. The molecule has 2 heteroatoms. The Kier molecular flexibility index (Phi) is 1.62. The number of anilines is 1. The van der Waals surface area contributed by atoms with Crippen LogP contribution in [0.15, 0.2) is 40.3 Å². The molecule has 1 aliphatic rings. The standard InChI is InChI=1S/C9H9NS/c1-7-6-11-9-5-3-2-4-8(9)10-7/h2-6,10H,1H3. The first kappa shape index (κ1) is 6.80. The minimum atomic E-state index is 1.22. The van der Waals surface area contributed by atoms with E-state index in [1.807, 2.05) is 6.07 Å². The van der Waals surface area contributed by atoms with Crippen molar-refractivity contribution in [3.63, 3.8) is 0 Å². The summed E-state index contributed by atoms with van der Waals surface area (Å²) in [5, 5.41) is 5.43. The van der Waals surface area contributed by atoms with E-state index in [1.54, 1.807) is 11.8 Å². The fourth-order valence-corrected chi connectivity index (χ4v) is 1.83. The van der Waals surface area contributed by atoms with E-state index >= 15 is 0 Å². The van der Waals surface area contributed by atoms with Gasteiger partial charge in [0, 0.05) is 10.6 Å². The molecule has 0 fully saturated rings. The number of rotatable bonds is 0. The second kappa shape index (κ2) is 2.62. The first-order valence-corrected chi connectivity index (χ1v) is 4.44. The largest absolute Gasteiger partial charge is 0.358 e. The lowest BCUT2D eigenvalue weighted by Crippen LogP contribution is -1.99. The van der Waals surface area contributed by atoms with E-state index in [0.717, 1.165) is 0 Å². The van der Waals surface area contributed by atoms with Gasteiger partial charge in [0.15, 0.2) is 0 Å². The minimum absolute atomic E-state index is 1.22. The predicted molar refractivity (Wildman–Crippen MR) is 49.7 cm³/mol. The molecule has 1 aromatic carbocycles. The first-order chi connectivity index (χ1) is 5.36. The van der Waals surface area contributed by atoms with Crippen LogP contribution < -0.4 is 5.32 Å². The van der Waals surface area contributed by atoms with Crippen molar-refractivity contribution in [3.8, 4) is 0 Å². The number of hydrogen-bond acceptors (Lipinski definition) is 2. The summed E-state index contributed by atoms with van der Waals surface area (Å²) in [5.41, 5.74) is 2.44. The number of benzene rings is 1. The van der Waals surface area contributed by atoms with Crippen LogP contribution in [0.1, 0.15) is 6.92 Å². The van der Waals surface area contributed by atoms with Crippen molar-refractivity contribution < 1.29 is 0 Å². The Balaban J connectivity index is 2.42. The summed E-state index contributed by atoms with van der Waals surface area (Å²) >= 11 is 1.77. The number of hydrogen-bond donors (Lipinski definition) is 1. The van der Waals surface area contributed by atoms with Gasteiger partial charge in [0.25, 0.3) is 0 Å². The van der Waals surface area contributed by atoms with Crippen LogP contribution >= 0.6 is 11.8 Å². The lowest BCUT2D eigenvalue weighted by Gasteiger charge is -2.15. The maximum absolute atomic E-state index is 3.30. The highest BCUT2D eigenvalue weighted by atomic mass is 32.2. The maximum atomic E-state index is 3.30. The monoisotopic (exact) mass is 163 g/mol. The number of fused-ring (bicyclic) bond motifs is 1. The highest BCUT2D eigenvalue weighted by Crippen LogP contribution is 2.33. The van der Waals surface area contributed by atoms with Crippen molar-refractivity contribution in [2.45, 2.75) is 11.8 Å². The van der Waals surface area contributed by atoms with Gasteiger partial charge in [-0.3, -0.25) is 0 Å². The van der Waals surface area contributed by atoms with Gasteiger partial charge >= 0.3 is 0 Å². The van der Waals surface area contributed by atoms with Gasteiger partial charge in [-0.05, 0) is 24.5 Å². The topological polar surface area (TPSA) is 12.0 Å². The van der Waals surface area contributed by atoms with Gasteiger partial charge < -0.3 is 5.32 Å². The quantitative estimate of drug-likeness (QED) is 0.630. The molecule has 0 aliphatic carbocycles. The van der Waals surface area contributed by atoms with Gasteiger partial charge in [-0.25, -0.2) is 0 Å². The van der Waals surface area contributed by atoms with Crippen LogP contribution in [-0.2, 0) is 0 Å². The molecule has 0 spiro atoms. The van der Waals surface area contributed by atoms with Gasteiger partial charge in [0.1, 0.15) is 0 Å². The summed E-state index contributed by atoms with van der Waals surface area (Å²) in [4.78, 5) is 1.30. The fourth-order valence-electron chi connectivity index (χ4n) is 1.07. The van der Waals surface area contributed by atoms with Crippen LogP contribution in [0.25, 0.3) is 0 Å². The molecule has 0 atom stereocenters. The molecule has 11 heavy (non-hydrogen) atoms. The third kappa shape index (κ3) is 1.26. The average molecular weight is 163 g/mol. The zero-order chi connectivity index (χ0) is 7.68. The van der Waals surface area contributed by atoms with Crippen molar-refractivity contribution in [1.82, 2.24) is 0 Å². The Morgan fingerprint density at radius 1 is 1.27 bits per heavy atom. The lowest BCUT2D eigenvalue weighted by molar-refractivity contribution is 1.31. The van der Waals surface area contributed by atoms with Crippen molar-refractivity contribution in [3.05, 3.63) is 35.4 Å². The summed E-state index contributed by atoms with van der Waals surface area (Å²) in [6.07, 6.45) is 0. The average Bonchev–Trinajstić information content (AvgIpc) is 2.04. The zero-order valence-electron chi connectivity index (χ0n) is 6.29. The molecule has 0 saturated carbocycles. The van der Waals surface area contributed by atoms with Crippen molar-refractivity contribution in [2.75, 3.05) is 5.32 Å². The normalized spacial score (nSPS) is 14.8. The summed E-state index contributed by atoms with van der Waals surface area (Å²) < 4.78 is 0.